The topological polar surface area (TPSA) is 59.7 Å². The van der Waals surface area contributed by atoms with E-state index in [2.05, 4.69) is 9.88 Å². The van der Waals surface area contributed by atoms with Crippen molar-refractivity contribution < 1.29 is 18.4 Å². The number of likely N-dealkylation sites (N-methyl/N-ethyl adjacent to an activating group) is 1. The highest BCUT2D eigenvalue weighted by molar-refractivity contribution is 6.35. The first kappa shape index (κ1) is 19.1. The Bertz CT molecular complexity index is 940. The molecule has 2 aliphatic rings. The van der Waals surface area contributed by atoms with E-state index in [0.29, 0.717) is 26.2 Å². The van der Waals surface area contributed by atoms with Crippen LogP contribution in [-0.2, 0) is 4.79 Å². The number of halogens is 3. The van der Waals surface area contributed by atoms with Crippen LogP contribution in [0.15, 0.2) is 12.1 Å². The van der Waals surface area contributed by atoms with Gasteiger partial charge in [0.05, 0.1) is 22.0 Å². The quantitative estimate of drug-likeness (QED) is 0.827. The van der Waals surface area contributed by atoms with Crippen molar-refractivity contribution in [1.29, 1.82) is 0 Å². The second-order valence-corrected chi connectivity index (χ2v) is 7.73. The highest BCUT2D eigenvalue weighted by Crippen LogP contribution is 2.31. The summed E-state index contributed by atoms with van der Waals surface area (Å²) < 4.78 is 28.3. The van der Waals surface area contributed by atoms with Crippen LogP contribution in [0.1, 0.15) is 23.3 Å². The Balaban J connectivity index is 1.47. The Kier molecular flexibility index (Phi) is 5.01. The molecule has 0 radical (unpaired) electrons. The summed E-state index contributed by atoms with van der Waals surface area (Å²) >= 11 is 5.85. The fourth-order valence-electron chi connectivity index (χ4n) is 4.05. The number of carbonyl (C=O) groups is 2. The first-order chi connectivity index (χ1) is 13.4. The van der Waals surface area contributed by atoms with Gasteiger partial charge in [0.25, 0.3) is 5.91 Å². The van der Waals surface area contributed by atoms with Gasteiger partial charge in [-0.15, -0.1) is 0 Å². The minimum absolute atomic E-state index is 0.0890. The van der Waals surface area contributed by atoms with Gasteiger partial charge in [0.1, 0.15) is 11.5 Å². The molecule has 1 N–H and O–H groups in total. The average molecular weight is 411 g/mol. The van der Waals surface area contributed by atoms with Crippen LogP contribution < -0.4 is 0 Å². The molecule has 0 bridgehead atoms. The first-order valence-corrected chi connectivity index (χ1v) is 9.69. The van der Waals surface area contributed by atoms with Crippen LogP contribution >= 0.6 is 11.6 Å². The molecular weight excluding hydrogens is 390 g/mol. The molecule has 4 rings (SSSR count). The number of benzene rings is 1. The number of fused-ring (bicyclic) bond motifs is 1. The van der Waals surface area contributed by atoms with Gasteiger partial charge < -0.3 is 14.8 Å². The second kappa shape index (κ2) is 7.33. The maximum absolute atomic E-state index is 14.7. The molecule has 3 heterocycles. The second-order valence-electron chi connectivity index (χ2n) is 7.35. The minimum atomic E-state index is -0.851. The molecule has 2 amide bonds. The Morgan fingerprint density at radius 2 is 1.79 bits per heavy atom. The van der Waals surface area contributed by atoms with Crippen LogP contribution in [0.2, 0.25) is 5.02 Å². The molecule has 0 aliphatic carbocycles. The SMILES string of the molecule is CN1CCC[C@H]1C(=O)N1CCN(C(=O)c2[nH]c3ccc(F)c(Cl)c3c2F)CC1. The van der Waals surface area contributed by atoms with Crippen molar-refractivity contribution in [3.05, 3.63) is 34.5 Å². The van der Waals surface area contributed by atoms with Gasteiger partial charge in [0.15, 0.2) is 5.82 Å². The molecule has 2 aliphatic heterocycles. The standard InChI is InChI=1S/C19H21ClF2N4O2/c1-24-6-2-3-13(24)18(27)25-7-9-26(10-8-25)19(28)17-16(22)14-12(23-17)5-4-11(21)15(14)20/h4-5,13,23H,2-3,6-10H2,1H3/t13-/m0/s1. The number of piperazine rings is 1. The lowest BCUT2D eigenvalue weighted by molar-refractivity contribution is -0.137. The van der Waals surface area contributed by atoms with E-state index in [9.17, 15) is 18.4 Å². The van der Waals surface area contributed by atoms with Gasteiger partial charge in [-0.3, -0.25) is 14.5 Å². The first-order valence-electron chi connectivity index (χ1n) is 9.32. The molecular formula is C19H21ClF2N4O2. The van der Waals surface area contributed by atoms with Crippen molar-refractivity contribution in [2.75, 3.05) is 39.8 Å². The monoisotopic (exact) mass is 410 g/mol. The van der Waals surface area contributed by atoms with E-state index in [1.807, 2.05) is 7.05 Å². The number of aromatic nitrogens is 1. The number of nitrogens with one attached hydrogen (secondary N) is 1. The molecule has 1 atom stereocenters. The predicted molar refractivity (Wildman–Crippen MR) is 101 cm³/mol. The van der Waals surface area contributed by atoms with Crippen LogP contribution in [0.4, 0.5) is 8.78 Å². The molecule has 1 aromatic carbocycles. The number of H-pyrrole nitrogens is 1. The molecule has 9 heteroatoms. The Labute approximate surface area is 166 Å². The molecule has 0 spiro atoms. The fourth-order valence-corrected chi connectivity index (χ4v) is 4.30. The summed E-state index contributed by atoms with van der Waals surface area (Å²) in [5, 5.41) is -0.468. The Hall–Kier alpha value is -2.19. The third kappa shape index (κ3) is 3.14. The summed E-state index contributed by atoms with van der Waals surface area (Å²) in [5.41, 5.74) is 0.0307. The zero-order valence-corrected chi connectivity index (χ0v) is 16.2. The zero-order valence-electron chi connectivity index (χ0n) is 15.5. The molecule has 2 saturated heterocycles. The molecule has 0 saturated carbocycles. The highest BCUT2D eigenvalue weighted by Gasteiger charge is 2.34. The van der Waals surface area contributed by atoms with Crippen LogP contribution in [0.25, 0.3) is 10.9 Å². The fraction of sp³-hybridized carbons (Fsp3) is 0.474. The number of aromatic amines is 1. The van der Waals surface area contributed by atoms with Gasteiger partial charge in [0.2, 0.25) is 5.91 Å². The summed E-state index contributed by atoms with van der Waals surface area (Å²) in [6.45, 7) is 2.37. The van der Waals surface area contributed by atoms with E-state index in [-0.39, 0.29) is 33.6 Å². The molecule has 2 aromatic rings. The van der Waals surface area contributed by atoms with Crippen LogP contribution in [0, 0.1) is 11.6 Å². The average Bonchev–Trinajstić information content (AvgIpc) is 3.27. The number of nitrogens with zero attached hydrogens (tertiary/aromatic N) is 3. The van der Waals surface area contributed by atoms with Crippen LogP contribution in [0.5, 0.6) is 0 Å². The number of hydrogen-bond acceptors (Lipinski definition) is 3. The van der Waals surface area contributed by atoms with Gasteiger partial charge in [-0.2, -0.15) is 0 Å². The number of hydrogen-bond donors (Lipinski definition) is 1. The van der Waals surface area contributed by atoms with Crippen molar-refractivity contribution in [2.45, 2.75) is 18.9 Å². The largest absolute Gasteiger partial charge is 0.348 e. The van der Waals surface area contributed by atoms with Crippen LogP contribution in [-0.4, -0.2) is 77.3 Å². The third-order valence-electron chi connectivity index (χ3n) is 5.69. The minimum Gasteiger partial charge on any atom is -0.348 e. The number of rotatable bonds is 2. The molecule has 1 aromatic heterocycles. The van der Waals surface area contributed by atoms with E-state index >= 15 is 0 Å². The summed E-state index contributed by atoms with van der Waals surface area (Å²) in [7, 11) is 1.95. The molecule has 150 valence electrons. The summed E-state index contributed by atoms with van der Waals surface area (Å²) in [6, 6.07) is 2.38. The van der Waals surface area contributed by atoms with E-state index < -0.39 is 17.5 Å². The summed E-state index contributed by atoms with van der Waals surface area (Å²) in [4.78, 5) is 33.5. The predicted octanol–water partition coefficient (Wildman–Crippen LogP) is 2.48. The normalized spacial score (nSPS) is 20.9. The Morgan fingerprint density at radius 1 is 1.11 bits per heavy atom. The van der Waals surface area contributed by atoms with E-state index in [1.54, 1.807) is 4.90 Å². The molecule has 28 heavy (non-hydrogen) atoms. The number of likely N-dealkylation sites (tertiary alicyclic amines) is 1. The summed E-state index contributed by atoms with van der Waals surface area (Å²) in [6.07, 6.45) is 1.86. The molecule has 0 unspecified atom stereocenters. The lowest BCUT2D eigenvalue weighted by Crippen LogP contribution is -2.54. The van der Waals surface area contributed by atoms with Gasteiger partial charge in [-0.1, -0.05) is 11.6 Å². The van der Waals surface area contributed by atoms with E-state index in [0.717, 1.165) is 25.5 Å². The smallest absolute Gasteiger partial charge is 0.273 e. The molecule has 6 nitrogen and oxygen atoms in total. The van der Waals surface area contributed by atoms with E-state index in [4.69, 9.17) is 11.6 Å². The lowest BCUT2D eigenvalue weighted by Gasteiger charge is -2.36. The van der Waals surface area contributed by atoms with E-state index in [1.165, 1.54) is 11.0 Å². The molecule has 2 fully saturated rings. The third-order valence-corrected chi connectivity index (χ3v) is 6.06. The number of amides is 2. The lowest BCUT2D eigenvalue weighted by atomic mass is 10.1. The highest BCUT2D eigenvalue weighted by atomic mass is 35.5. The van der Waals surface area contributed by atoms with Gasteiger partial charge in [0, 0.05) is 26.2 Å². The Morgan fingerprint density at radius 3 is 2.43 bits per heavy atom. The number of carbonyl (C=O) groups excluding carboxylic acids is 2. The van der Waals surface area contributed by atoms with Crippen molar-refractivity contribution in [3.63, 3.8) is 0 Å². The maximum atomic E-state index is 14.7. The van der Waals surface area contributed by atoms with Gasteiger partial charge >= 0.3 is 0 Å². The van der Waals surface area contributed by atoms with Gasteiger partial charge in [-0.25, -0.2) is 8.78 Å². The maximum Gasteiger partial charge on any atom is 0.273 e. The summed E-state index contributed by atoms with van der Waals surface area (Å²) in [5.74, 6) is -2.02. The van der Waals surface area contributed by atoms with Crippen molar-refractivity contribution >= 4 is 34.3 Å². The van der Waals surface area contributed by atoms with Crippen molar-refractivity contribution in [1.82, 2.24) is 19.7 Å². The van der Waals surface area contributed by atoms with Crippen molar-refractivity contribution in [3.8, 4) is 0 Å². The van der Waals surface area contributed by atoms with Crippen LogP contribution in [0.3, 0.4) is 0 Å². The van der Waals surface area contributed by atoms with Gasteiger partial charge in [-0.05, 0) is 38.6 Å². The van der Waals surface area contributed by atoms with Crippen molar-refractivity contribution in [2.24, 2.45) is 0 Å². The zero-order chi connectivity index (χ0) is 20.0.